The average Bonchev–Trinajstić information content (AvgIpc) is 3.26. The van der Waals surface area contributed by atoms with Gasteiger partial charge in [-0.3, -0.25) is 0 Å². The van der Waals surface area contributed by atoms with Gasteiger partial charge in [-0.2, -0.15) is 0 Å². The van der Waals surface area contributed by atoms with Crippen molar-refractivity contribution in [2.45, 2.75) is 18.4 Å². The molecule has 2 aliphatic heterocycles. The second kappa shape index (κ2) is 8.35. The minimum atomic E-state index is -3.07. The number of methoxy groups -OCH3 is 1. The number of likely N-dealkylation sites (tertiary alicyclic amines) is 1. The summed E-state index contributed by atoms with van der Waals surface area (Å²) in [6.45, 7) is 0.0945. The molecular formula is C22H21ClF2N4O4. The lowest BCUT2D eigenvalue weighted by Gasteiger charge is -2.36. The Kier molecular flexibility index (Phi) is 5.18. The monoisotopic (exact) mass is 479 g/mol. The fraction of sp³-hybridized carbons (Fsp3) is 0.364. The number of alkyl halides is 2. The molecule has 0 aliphatic carbocycles. The molecule has 1 atom stereocenters. The van der Waals surface area contributed by atoms with E-state index in [-0.39, 0.29) is 37.6 Å². The molecule has 2 aromatic carbocycles. The van der Waals surface area contributed by atoms with Crippen LogP contribution in [0.4, 0.5) is 20.3 Å². The van der Waals surface area contributed by atoms with Gasteiger partial charge in [-0.15, -0.1) is 0 Å². The fourth-order valence-electron chi connectivity index (χ4n) is 3.97. The quantitative estimate of drug-likeness (QED) is 0.574. The molecule has 0 bridgehead atoms. The molecule has 3 heterocycles. The van der Waals surface area contributed by atoms with Crippen LogP contribution in [0.1, 0.15) is 7.79 Å². The number of halogens is 3. The van der Waals surface area contributed by atoms with Crippen molar-refractivity contribution in [3.05, 3.63) is 35.6 Å². The van der Waals surface area contributed by atoms with Gasteiger partial charge in [-0.25, -0.2) is 18.7 Å². The third-order valence-corrected chi connectivity index (χ3v) is 5.88. The Morgan fingerprint density at radius 1 is 1.30 bits per heavy atom. The van der Waals surface area contributed by atoms with E-state index in [4.69, 9.17) is 31.9 Å². The molecule has 1 fully saturated rings. The van der Waals surface area contributed by atoms with Crippen LogP contribution in [0.5, 0.6) is 23.0 Å². The highest BCUT2D eigenvalue weighted by molar-refractivity contribution is 6.34. The number of hydrogen-bond donors (Lipinski definition) is 1. The third kappa shape index (κ3) is 4.04. The smallest absolute Gasteiger partial charge is 0.296 e. The summed E-state index contributed by atoms with van der Waals surface area (Å²) in [5, 5.41) is 3.85. The number of anilines is 2. The van der Waals surface area contributed by atoms with E-state index in [1.165, 1.54) is 12.4 Å². The minimum absolute atomic E-state index is 0.0439. The van der Waals surface area contributed by atoms with Crippen LogP contribution in [-0.2, 0) is 0 Å². The van der Waals surface area contributed by atoms with Crippen molar-refractivity contribution in [2.24, 2.45) is 0 Å². The lowest BCUT2D eigenvalue weighted by molar-refractivity contribution is -0.134. The molecule has 174 valence electrons. The fourth-order valence-corrected chi connectivity index (χ4v) is 4.17. The van der Waals surface area contributed by atoms with E-state index in [9.17, 15) is 8.78 Å². The maximum Gasteiger partial charge on any atom is 0.296 e. The summed E-state index contributed by atoms with van der Waals surface area (Å²) in [6, 6.07) is 6.40. The lowest BCUT2D eigenvalue weighted by Crippen LogP contribution is -2.52. The van der Waals surface area contributed by atoms with Crippen LogP contribution in [0.15, 0.2) is 30.6 Å². The van der Waals surface area contributed by atoms with Crippen molar-refractivity contribution in [3.8, 4) is 23.0 Å². The first-order valence-corrected chi connectivity index (χ1v) is 10.5. The highest BCUT2D eigenvalue weighted by Gasteiger charge is 2.45. The van der Waals surface area contributed by atoms with Crippen LogP contribution < -0.4 is 24.3 Å². The summed E-state index contributed by atoms with van der Waals surface area (Å²) in [6.07, 6.45) is 0.0959. The summed E-state index contributed by atoms with van der Waals surface area (Å²) in [4.78, 5) is 10.1. The van der Waals surface area contributed by atoms with Crippen LogP contribution in [0.2, 0.25) is 5.02 Å². The third-order valence-electron chi connectivity index (χ3n) is 5.57. The van der Waals surface area contributed by atoms with Gasteiger partial charge in [0.05, 0.1) is 30.9 Å². The number of piperidine rings is 1. The molecule has 33 heavy (non-hydrogen) atoms. The van der Waals surface area contributed by atoms with Gasteiger partial charge >= 0.3 is 0 Å². The number of fused-ring (bicyclic) bond motifs is 2. The van der Waals surface area contributed by atoms with Crippen molar-refractivity contribution < 1.29 is 29.1 Å². The number of nitrogens with zero attached hydrogens (tertiary/aromatic N) is 3. The SMILES string of the molecule is [2H]COc1cc(O[C@H]2CCN(C)CC2(F)F)c2c(Nc3c(Cl)ccc4c3OCO4)ncnc2c1. The summed E-state index contributed by atoms with van der Waals surface area (Å²) in [7, 11) is 1.29. The van der Waals surface area contributed by atoms with Gasteiger partial charge in [0.25, 0.3) is 5.92 Å². The molecule has 1 N–H and O–H groups in total. The van der Waals surface area contributed by atoms with Crippen LogP contribution >= 0.6 is 11.6 Å². The van der Waals surface area contributed by atoms with Crippen LogP contribution in [-0.4, -0.2) is 60.9 Å². The summed E-state index contributed by atoms with van der Waals surface area (Å²) >= 11 is 6.40. The van der Waals surface area contributed by atoms with E-state index in [1.54, 1.807) is 30.1 Å². The first-order chi connectivity index (χ1) is 16.4. The van der Waals surface area contributed by atoms with Gasteiger partial charge in [-0.05, 0) is 19.2 Å². The van der Waals surface area contributed by atoms with Crippen molar-refractivity contribution >= 4 is 34.0 Å². The van der Waals surface area contributed by atoms with E-state index in [0.717, 1.165) is 0 Å². The second-order valence-electron chi connectivity index (χ2n) is 7.86. The maximum atomic E-state index is 14.8. The highest BCUT2D eigenvalue weighted by atomic mass is 35.5. The maximum absolute atomic E-state index is 14.8. The molecule has 1 saturated heterocycles. The van der Waals surface area contributed by atoms with Gasteiger partial charge in [0.2, 0.25) is 6.79 Å². The van der Waals surface area contributed by atoms with Gasteiger partial charge < -0.3 is 29.2 Å². The molecule has 5 rings (SSSR count). The largest absolute Gasteiger partial charge is 0.497 e. The molecule has 8 nitrogen and oxygen atoms in total. The predicted octanol–water partition coefficient (Wildman–Crippen LogP) is 4.48. The Labute approximate surface area is 194 Å². The van der Waals surface area contributed by atoms with Crippen LogP contribution in [0.3, 0.4) is 0 Å². The first-order valence-electron chi connectivity index (χ1n) is 10.9. The average molecular weight is 480 g/mol. The summed E-state index contributed by atoms with van der Waals surface area (Å²) < 4.78 is 59.1. The molecule has 0 unspecified atom stereocenters. The molecule has 2 aliphatic rings. The Morgan fingerprint density at radius 3 is 3.00 bits per heavy atom. The van der Waals surface area contributed by atoms with Crippen LogP contribution in [0, 0.1) is 0 Å². The zero-order valence-electron chi connectivity index (χ0n) is 18.6. The molecule has 3 aromatic rings. The number of aromatic nitrogens is 2. The van der Waals surface area contributed by atoms with Gasteiger partial charge in [-0.1, -0.05) is 11.6 Å². The van der Waals surface area contributed by atoms with Crippen molar-refractivity contribution in [3.63, 3.8) is 0 Å². The lowest BCUT2D eigenvalue weighted by atomic mass is 10.0. The van der Waals surface area contributed by atoms with Gasteiger partial charge in [0, 0.05) is 25.1 Å². The molecule has 11 heteroatoms. The Morgan fingerprint density at radius 2 is 2.18 bits per heavy atom. The Hall–Kier alpha value is -3.11. The van der Waals surface area contributed by atoms with E-state index >= 15 is 0 Å². The first kappa shape index (κ1) is 20.5. The van der Waals surface area contributed by atoms with E-state index in [1.807, 2.05) is 0 Å². The number of hydrogen-bond acceptors (Lipinski definition) is 8. The summed E-state index contributed by atoms with van der Waals surface area (Å²) in [5.41, 5.74) is 0.800. The van der Waals surface area contributed by atoms with Gasteiger partial charge in [0.1, 0.15) is 29.3 Å². The van der Waals surface area contributed by atoms with E-state index in [2.05, 4.69) is 15.3 Å². The Bertz CT molecular complexity index is 1240. The molecule has 0 saturated carbocycles. The zero-order chi connectivity index (χ0) is 23.9. The number of nitrogens with one attached hydrogen (secondary N) is 1. The van der Waals surface area contributed by atoms with Crippen molar-refractivity contribution in [2.75, 3.05) is 39.3 Å². The molecule has 0 amide bonds. The van der Waals surface area contributed by atoms with Crippen molar-refractivity contribution in [1.29, 1.82) is 0 Å². The molecule has 0 radical (unpaired) electrons. The van der Waals surface area contributed by atoms with Gasteiger partial charge in [0.15, 0.2) is 17.6 Å². The number of rotatable bonds is 5. The van der Waals surface area contributed by atoms with Crippen LogP contribution in [0.25, 0.3) is 10.9 Å². The zero-order valence-corrected chi connectivity index (χ0v) is 18.4. The normalized spacial score (nSPS) is 19.9. The standard InChI is InChI=1S/C22H21ClF2N4O4/c1-29-6-5-17(22(24,25)9-29)33-16-8-12(30-2)7-14-18(16)21(27-10-26-14)28-19-13(23)3-4-15-20(19)32-11-31-15/h3-4,7-8,10,17H,5-6,9,11H2,1-2H3,(H,26,27,28)/t17-/m0/s1/i2D. The van der Waals surface area contributed by atoms with E-state index in [0.29, 0.717) is 39.7 Å². The number of benzene rings is 2. The van der Waals surface area contributed by atoms with Crippen molar-refractivity contribution in [1.82, 2.24) is 14.9 Å². The Balaban J connectivity index is 1.60. The molecule has 1 aromatic heterocycles. The summed E-state index contributed by atoms with van der Waals surface area (Å²) in [5.74, 6) is -1.48. The highest BCUT2D eigenvalue weighted by Crippen LogP contribution is 2.46. The second-order valence-corrected chi connectivity index (χ2v) is 8.26. The minimum Gasteiger partial charge on any atom is -0.497 e. The van der Waals surface area contributed by atoms with E-state index < -0.39 is 18.6 Å². The molecule has 0 spiro atoms. The predicted molar refractivity (Wildman–Crippen MR) is 118 cm³/mol. The topological polar surface area (TPSA) is 78.0 Å². The molecular weight excluding hydrogens is 458 g/mol. The number of ether oxygens (including phenoxy) is 4.